The van der Waals surface area contributed by atoms with Gasteiger partial charge in [-0.05, 0) is 36.8 Å². The molecule has 25 heavy (non-hydrogen) atoms. The minimum atomic E-state index is 0. The lowest BCUT2D eigenvalue weighted by Gasteiger charge is -2.12. The van der Waals surface area contributed by atoms with Crippen LogP contribution >= 0.6 is 24.0 Å². The molecule has 0 fully saturated rings. The highest BCUT2D eigenvalue weighted by Crippen LogP contribution is 2.07. The molecule has 0 aliphatic heterocycles. The molecule has 0 saturated heterocycles. The van der Waals surface area contributed by atoms with Crippen molar-refractivity contribution in [2.45, 2.75) is 13.5 Å². The molecule has 2 aromatic carbocycles. The van der Waals surface area contributed by atoms with E-state index in [1.165, 1.54) is 0 Å². The van der Waals surface area contributed by atoms with Gasteiger partial charge in [0.15, 0.2) is 5.96 Å². The van der Waals surface area contributed by atoms with Gasteiger partial charge >= 0.3 is 0 Å². The van der Waals surface area contributed by atoms with Gasteiger partial charge in [-0.2, -0.15) is 5.26 Å². The molecule has 0 atom stereocenters. The number of ether oxygens (including phenoxy) is 1. The molecule has 0 amide bonds. The Kier molecular flexibility index (Phi) is 10.1. The Morgan fingerprint density at radius 2 is 1.80 bits per heavy atom. The molecule has 0 radical (unpaired) electrons. The zero-order valence-electron chi connectivity index (χ0n) is 14.2. The van der Waals surface area contributed by atoms with Crippen LogP contribution in [0.1, 0.15) is 18.1 Å². The predicted octanol–water partition coefficient (Wildman–Crippen LogP) is 3.31. The molecule has 0 aliphatic rings. The van der Waals surface area contributed by atoms with Gasteiger partial charge in [0, 0.05) is 6.54 Å². The van der Waals surface area contributed by atoms with E-state index in [2.05, 4.69) is 21.7 Å². The number of nitriles is 1. The quantitative estimate of drug-likeness (QED) is 0.294. The number of aliphatic imine (C=N–C) groups is 1. The van der Waals surface area contributed by atoms with Gasteiger partial charge in [0.25, 0.3) is 0 Å². The molecular weight excluding hydrogens is 427 g/mol. The van der Waals surface area contributed by atoms with Crippen molar-refractivity contribution in [3.8, 4) is 11.8 Å². The maximum atomic E-state index is 8.81. The molecule has 2 N–H and O–H groups in total. The van der Waals surface area contributed by atoms with Crippen molar-refractivity contribution >= 4 is 29.9 Å². The third-order valence-corrected chi connectivity index (χ3v) is 3.25. The Labute approximate surface area is 166 Å². The number of benzene rings is 2. The van der Waals surface area contributed by atoms with Crippen LogP contribution in [0.2, 0.25) is 0 Å². The number of rotatable bonds is 7. The minimum absolute atomic E-state index is 0. The highest BCUT2D eigenvalue weighted by Gasteiger charge is 1.98. The summed E-state index contributed by atoms with van der Waals surface area (Å²) in [5.41, 5.74) is 1.72. The second-order valence-electron chi connectivity index (χ2n) is 5.09. The van der Waals surface area contributed by atoms with Crippen LogP contribution in [-0.2, 0) is 6.54 Å². The van der Waals surface area contributed by atoms with Crippen LogP contribution in [-0.4, -0.2) is 25.7 Å². The van der Waals surface area contributed by atoms with E-state index in [0.717, 1.165) is 23.8 Å². The van der Waals surface area contributed by atoms with E-state index in [0.29, 0.717) is 25.3 Å². The standard InChI is InChI=1S/C19H22N4O.HI/c1-2-21-19(22-12-13-24-18-6-4-3-5-7-18)23-15-17-10-8-16(14-20)9-11-17;/h3-11H,2,12-13,15H2,1H3,(H2,21,22,23);1H. The van der Waals surface area contributed by atoms with Crippen LogP contribution in [0.3, 0.4) is 0 Å². The maximum Gasteiger partial charge on any atom is 0.191 e. The van der Waals surface area contributed by atoms with Gasteiger partial charge < -0.3 is 15.4 Å². The molecule has 5 nitrogen and oxygen atoms in total. The summed E-state index contributed by atoms with van der Waals surface area (Å²) in [6, 6.07) is 19.3. The van der Waals surface area contributed by atoms with Crippen molar-refractivity contribution in [3.05, 3.63) is 65.7 Å². The smallest absolute Gasteiger partial charge is 0.191 e. The van der Waals surface area contributed by atoms with Crippen molar-refractivity contribution < 1.29 is 4.74 Å². The van der Waals surface area contributed by atoms with Gasteiger partial charge in [-0.3, -0.25) is 0 Å². The number of hydrogen-bond donors (Lipinski definition) is 2. The Bertz CT molecular complexity index is 681. The van der Waals surface area contributed by atoms with Crippen molar-refractivity contribution in [1.29, 1.82) is 5.26 Å². The Morgan fingerprint density at radius 1 is 1.08 bits per heavy atom. The average Bonchev–Trinajstić information content (AvgIpc) is 2.64. The zero-order chi connectivity index (χ0) is 17.0. The van der Waals surface area contributed by atoms with E-state index >= 15 is 0 Å². The van der Waals surface area contributed by atoms with Crippen molar-refractivity contribution in [1.82, 2.24) is 10.6 Å². The summed E-state index contributed by atoms with van der Waals surface area (Å²) in [7, 11) is 0. The van der Waals surface area contributed by atoms with Crippen LogP contribution < -0.4 is 15.4 Å². The van der Waals surface area contributed by atoms with Gasteiger partial charge in [0.05, 0.1) is 24.7 Å². The van der Waals surface area contributed by atoms with Gasteiger partial charge in [-0.15, -0.1) is 24.0 Å². The number of para-hydroxylation sites is 1. The summed E-state index contributed by atoms with van der Waals surface area (Å²) in [6.45, 7) is 4.60. The minimum Gasteiger partial charge on any atom is -0.492 e. The van der Waals surface area contributed by atoms with Crippen molar-refractivity contribution in [2.24, 2.45) is 4.99 Å². The van der Waals surface area contributed by atoms with E-state index in [-0.39, 0.29) is 24.0 Å². The van der Waals surface area contributed by atoms with E-state index in [9.17, 15) is 0 Å². The Hall–Kier alpha value is -2.27. The highest BCUT2D eigenvalue weighted by molar-refractivity contribution is 14.0. The molecule has 0 aromatic heterocycles. The highest BCUT2D eigenvalue weighted by atomic mass is 127. The lowest BCUT2D eigenvalue weighted by Crippen LogP contribution is -2.39. The lowest BCUT2D eigenvalue weighted by atomic mass is 10.1. The molecule has 2 aromatic rings. The van der Waals surface area contributed by atoms with Crippen molar-refractivity contribution in [2.75, 3.05) is 19.7 Å². The molecule has 0 spiro atoms. The number of nitrogens with zero attached hydrogens (tertiary/aromatic N) is 2. The first-order valence-corrected chi connectivity index (χ1v) is 8.01. The molecule has 2 rings (SSSR count). The first-order valence-electron chi connectivity index (χ1n) is 8.01. The second kappa shape index (κ2) is 12.1. The molecule has 0 heterocycles. The summed E-state index contributed by atoms with van der Waals surface area (Å²) in [4.78, 5) is 4.54. The fraction of sp³-hybridized carbons (Fsp3) is 0.263. The normalized spacial score (nSPS) is 10.3. The van der Waals surface area contributed by atoms with Gasteiger partial charge in [0.1, 0.15) is 12.4 Å². The zero-order valence-corrected chi connectivity index (χ0v) is 16.6. The summed E-state index contributed by atoms with van der Waals surface area (Å²) in [6.07, 6.45) is 0. The fourth-order valence-corrected chi connectivity index (χ4v) is 2.05. The predicted molar refractivity (Wildman–Crippen MR) is 111 cm³/mol. The number of guanidine groups is 1. The molecule has 0 unspecified atom stereocenters. The molecule has 0 aliphatic carbocycles. The van der Waals surface area contributed by atoms with Gasteiger partial charge in [-0.25, -0.2) is 4.99 Å². The largest absolute Gasteiger partial charge is 0.492 e. The van der Waals surface area contributed by atoms with Crippen LogP contribution in [0.4, 0.5) is 0 Å². The molecule has 132 valence electrons. The number of halogens is 1. The first-order chi connectivity index (χ1) is 11.8. The Morgan fingerprint density at radius 3 is 2.44 bits per heavy atom. The average molecular weight is 450 g/mol. The first kappa shape index (κ1) is 20.8. The van der Waals surface area contributed by atoms with E-state index in [4.69, 9.17) is 10.00 Å². The van der Waals surface area contributed by atoms with Crippen LogP contribution in [0.5, 0.6) is 5.75 Å². The topological polar surface area (TPSA) is 69.4 Å². The number of nitrogens with one attached hydrogen (secondary N) is 2. The fourth-order valence-electron chi connectivity index (χ4n) is 2.05. The Balaban J connectivity index is 0.00000312. The van der Waals surface area contributed by atoms with Crippen LogP contribution in [0, 0.1) is 11.3 Å². The molecule has 0 saturated carbocycles. The summed E-state index contributed by atoms with van der Waals surface area (Å²) < 4.78 is 5.65. The van der Waals surface area contributed by atoms with E-state index in [1.807, 2.05) is 49.4 Å². The van der Waals surface area contributed by atoms with Crippen LogP contribution in [0.25, 0.3) is 0 Å². The third kappa shape index (κ3) is 7.90. The number of hydrogen-bond acceptors (Lipinski definition) is 3. The summed E-state index contributed by atoms with van der Waals surface area (Å²) in [5, 5.41) is 15.3. The summed E-state index contributed by atoms with van der Waals surface area (Å²) >= 11 is 0. The summed E-state index contributed by atoms with van der Waals surface area (Å²) in [5.74, 6) is 1.61. The second-order valence-corrected chi connectivity index (χ2v) is 5.09. The molecular formula is C19H23IN4O. The molecule has 0 bridgehead atoms. The lowest BCUT2D eigenvalue weighted by molar-refractivity contribution is 0.322. The van der Waals surface area contributed by atoms with Gasteiger partial charge in [0.2, 0.25) is 0 Å². The maximum absolute atomic E-state index is 8.81. The van der Waals surface area contributed by atoms with Crippen LogP contribution in [0.15, 0.2) is 59.6 Å². The van der Waals surface area contributed by atoms with Crippen molar-refractivity contribution in [3.63, 3.8) is 0 Å². The molecule has 6 heteroatoms. The van der Waals surface area contributed by atoms with Gasteiger partial charge in [-0.1, -0.05) is 30.3 Å². The SMILES string of the molecule is CCNC(=NCc1ccc(C#N)cc1)NCCOc1ccccc1.I. The monoisotopic (exact) mass is 450 g/mol. The van der Waals surface area contributed by atoms with E-state index < -0.39 is 0 Å². The van der Waals surface area contributed by atoms with E-state index in [1.54, 1.807) is 12.1 Å². The third-order valence-electron chi connectivity index (χ3n) is 3.25.